The van der Waals surface area contributed by atoms with E-state index in [2.05, 4.69) is 17.1 Å². The first kappa shape index (κ1) is 16.7. The standard InChI is InChI=1S/C15H20N2O4.ClH/c1-9(16-18)6-11-13-10(4-5-17(11)2)7-12-14(15(13)19-3)21-8-20-12;/h7,11,18H,4-6,8H2,1-3H3;1H/b16-9+;. The van der Waals surface area contributed by atoms with E-state index in [0.29, 0.717) is 17.9 Å². The van der Waals surface area contributed by atoms with E-state index < -0.39 is 0 Å². The van der Waals surface area contributed by atoms with Gasteiger partial charge in [0.15, 0.2) is 11.5 Å². The second-order valence-electron chi connectivity index (χ2n) is 5.50. The number of hydrogen-bond donors (Lipinski definition) is 1. The summed E-state index contributed by atoms with van der Waals surface area (Å²) in [4.78, 5) is 2.25. The average Bonchev–Trinajstić information content (AvgIpc) is 2.95. The molecule has 3 rings (SSSR count). The van der Waals surface area contributed by atoms with Crippen LogP contribution in [0.2, 0.25) is 0 Å². The number of fused-ring (bicyclic) bond motifs is 2. The quantitative estimate of drug-likeness (QED) is 0.525. The fraction of sp³-hybridized carbons (Fsp3) is 0.533. The molecule has 1 aromatic rings. The molecule has 6 nitrogen and oxygen atoms in total. The van der Waals surface area contributed by atoms with Crippen molar-refractivity contribution in [1.82, 2.24) is 4.90 Å². The van der Waals surface area contributed by atoms with E-state index in [1.807, 2.05) is 13.0 Å². The number of methoxy groups -OCH3 is 1. The van der Waals surface area contributed by atoms with Gasteiger partial charge in [-0.05, 0) is 32.0 Å². The molecule has 1 N–H and O–H groups in total. The number of rotatable bonds is 3. The van der Waals surface area contributed by atoms with Gasteiger partial charge in [-0.2, -0.15) is 0 Å². The summed E-state index contributed by atoms with van der Waals surface area (Å²) in [7, 11) is 3.72. The lowest BCUT2D eigenvalue weighted by molar-refractivity contribution is 0.170. The van der Waals surface area contributed by atoms with Gasteiger partial charge in [0.05, 0.1) is 12.8 Å². The first-order valence-corrected chi connectivity index (χ1v) is 7.02. The van der Waals surface area contributed by atoms with Gasteiger partial charge >= 0.3 is 0 Å². The Hall–Kier alpha value is -1.66. The molecule has 7 heteroatoms. The van der Waals surface area contributed by atoms with Gasteiger partial charge in [0.1, 0.15) is 0 Å². The number of ether oxygens (including phenoxy) is 3. The van der Waals surface area contributed by atoms with Crippen LogP contribution in [0.3, 0.4) is 0 Å². The summed E-state index contributed by atoms with van der Waals surface area (Å²) in [6, 6.07) is 2.15. The first-order valence-electron chi connectivity index (χ1n) is 7.02. The first-order chi connectivity index (χ1) is 10.2. The van der Waals surface area contributed by atoms with Crippen molar-refractivity contribution in [2.45, 2.75) is 25.8 Å². The summed E-state index contributed by atoms with van der Waals surface area (Å²) in [6.45, 7) is 2.99. The van der Waals surface area contributed by atoms with Crippen LogP contribution in [0.5, 0.6) is 17.2 Å². The van der Waals surface area contributed by atoms with Crippen LogP contribution in [-0.2, 0) is 6.42 Å². The van der Waals surface area contributed by atoms with Crippen molar-refractivity contribution in [1.29, 1.82) is 0 Å². The molecule has 2 heterocycles. The number of benzene rings is 1. The van der Waals surface area contributed by atoms with Crippen molar-refractivity contribution in [2.24, 2.45) is 5.16 Å². The van der Waals surface area contributed by atoms with Gasteiger partial charge in [-0.15, -0.1) is 12.4 Å². The molecule has 2 aliphatic heterocycles. The van der Waals surface area contributed by atoms with E-state index in [1.54, 1.807) is 7.11 Å². The molecule has 0 aliphatic carbocycles. The second-order valence-corrected chi connectivity index (χ2v) is 5.50. The van der Waals surface area contributed by atoms with Crippen molar-refractivity contribution in [3.05, 3.63) is 17.2 Å². The van der Waals surface area contributed by atoms with Gasteiger partial charge in [0.2, 0.25) is 12.5 Å². The maximum Gasteiger partial charge on any atom is 0.231 e. The van der Waals surface area contributed by atoms with Crippen molar-refractivity contribution < 1.29 is 19.4 Å². The number of halogens is 1. The molecular weight excluding hydrogens is 308 g/mol. The highest BCUT2D eigenvalue weighted by Gasteiger charge is 2.34. The van der Waals surface area contributed by atoms with E-state index in [0.717, 1.165) is 30.0 Å². The molecular formula is C15H21ClN2O4. The number of hydrogen-bond acceptors (Lipinski definition) is 6. The van der Waals surface area contributed by atoms with Crippen molar-refractivity contribution in [3.63, 3.8) is 0 Å². The zero-order valence-corrected chi connectivity index (χ0v) is 13.8. The van der Waals surface area contributed by atoms with Crippen LogP contribution in [0.25, 0.3) is 0 Å². The largest absolute Gasteiger partial charge is 0.492 e. The van der Waals surface area contributed by atoms with Gasteiger partial charge in [0.25, 0.3) is 0 Å². The summed E-state index contributed by atoms with van der Waals surface area (Å²) >= 11 is 0. The Morgan fingerprint density at radius 3 is 2.95 bits per heavy atom. The maximum atomic E-state index is 8.97. The van der Waals surface area contributed by atoms with Gasteiger partial charge in [0, 0.05) is 24.6 Å². The van der Waals surface area contributed by atoms with Crippen LogP contribution in [0.1, 0.15) is 30.5 Å². The lowest BCUT2D eigenvalue weighted by Gasteiger charge is -2.35. The molecule has 0 spiro atoms. The average molecular weight is 329 g/mol. The molecule has 0 amide bonds. The summed E-state index contributed by atoms with van der Waals surface area (Å²) in [5.41, 5.74) is 3.02. The minimum absolute atomic E-state index is 0. The minimum Gasteiger partial charge on any atom is -0.492 e. The zero-order valence-electron chi connectivity index (χ0n) is 13.0. The highest BCUT2D eigenvalue weighted by Crippen LogP contribution is 2.49. The highest BCUT2D eigenvalue weighted by atomic mass is 35.5. The Kier molecular flexibility index (Phi) is 5.03. The van der Waals surface area contributed by atoms with Crippen LogP contribution in [0, 0.1) is 0 Å². The predicted molar refractivity (Wildman–Crippen MR) is 85.0 cm³/mol. The van der Waals surface area contributed by atoms with Crippen molar-refractivity contribution in [2.75, 3.05) is 27.5 Å². The van der Waals surface area contributed by atoms with E-state index in [1.165, 1.54) is 5.56 Å². The van der Waals surface area contributed by atoms with E-state index >= 15 is 0 Å². The second kappa shape index (κ2) is 6.62. The van der Waals surface area contributed by atoms with E-state index in [9.17, 15) is 0 Å². The van der Waals surface area contributed by atoms with Crippen LogP contribution in [0.15, 0.2) is 11.2 Å². The molecule has 0 saturated heterocycles. The van der Waals surface area contributed by atoms with Gasteiger partial charge in [-0.3, -0.25) is 4.90 Å². The fourth-order valence-corrected chi connectivity index (χ4v) is 3.10. The normalized spacial score (nSPS) is 20.3. The number of likely N-dealkylation sites (N-methyl/N-ethyl adjacent to an activating group) is 1. The molecule has 2 aliphatic rings. The molecule has 0 fully saturated rings. The number of oxime groups is 1. The van der Waals surface area contributed by atoms with Crippen LogP contribution in [0.4, 0.5) is 0 Å². The molecule has 1 unspecified atom stereocenters. The Balaban J connectivity index is 0.00000176. The van der Waals surface area contributed by atoms with Crippen LogP contribution < -0.4 is 14.2 Å². The van der Waals surface area contributed by atoms with E-state index in [-0.39, 0.29) is 25.2 Å². The molecule has 0 bridgehead atoms. The molecule has 22 heavy (non-hydrogen) atoms. The Bertz CT molecular complexity index is 591. The van der Waals surface area contributed by atoms with Crippen LogP contribution in [-0.4, -0.2) is 43.3 Å². The molecule has 0 saturated carbocycles. The highest BCUT2D eigenvalue weighted by molar-refractivity contribution is 5.85. The summed E-state index contributed by atoms with van der Waals surface area (Å²) < 4.78 is 16.7. The van der Waals surface area contributed by atoms with Gasteiger partial charge < -0.3 is 19.4 Å². The molecule has 1 atom stereocenters. The minimum atomic E-state index is 0. The maximum absolute atomic E-state index is 8.97. The lowest BCUT2D eigenvalue weighted by atomic mass is 9.88. The summed E-state index contributed by atoms with van der Waals surface area (Å²) in [6.07, 6.45) is 1.58. The van der Waals surface area contributed by atoms with Crippen molar-refractivity contribution >= 4 is 18.1 Å². The third-order valence-corrected chi connectivity index (χ3v) is 4.21. The fourth-order valence-electron chi connectivity index (χ4n) is 3.10. The van der Waals surface area contributed by atoms with Gasteiger partial charge in [-0.25, -0.2) is 0 Å². The summed E-state index contributed by atoms with van der Waals surface area (Å²) in [5.74, 6) is 2.17. The van der Waals surface area contributed by atoms with Crippen LogP contribution >= 0.6 is 12.4 Å². The zero-order chi connectivity index (χ0) is 15.0. The summed E-state index contributed by atoms with van der Waals surface area (Å²) in [5, 5.41) is 12.3. The SMILES string of the molecule is COc1c2c(cc3c1C(C/C(C)=N/O)N(C)CC3)OCO2.Cl. The smallest absolute Gasteiger partial charge is 0.231 e. The molecule has 0 radical (unpaired) electrons. The monoisotopic (exact) mass is 328 g/mol. The predicted octanol–water partition coefficient (Wildman–Crippen LogP) is 2.61. The topological polar surface area (TPSA) is 63.5 Å². The Morgan fingerprint density at radius 1 is 1.50 bits per heavy atom. The van der Waals surface area contributed by atoms with E-state index in [4.69, 9.17) is 19.4 Å². The molecule has 1 aromatic carbocycles. The molecule has 0 aromatic heterocycles. The third-order valence-electron chi connectivity index (χ3n) is 4.21. The Morgan fingerprint density at radius 2 is 2.27 bits per heavy atom. The third kappa shape index (κ3) is 2.68. The van der Waals surface area contributed by atoms with Crippen molar-refractivity contribution in [3.8, 4) is 17.2 Å². The number of nitrogens with zero attached hydrogens (tertiary/aromatic N) is 2. The lowest BCUT2D eigenvalue weighted by Crippen LogP contribution is -2.33. The van der Waals surface area contributed by atoms with Gasteiger partial charge in [-0.1, -0.05) is 5.16 Å². The Labute approximate surface area is 136 Å². The molecule has 122 valence electrons.